The van der Waals surface area contributed by atoms with E-state index in [0.29, 0.717) is 6.79 Å². The standard InChI is InChI=1S/C19H22N2O3.ClH/c1-2-17-18(24-14-23-17)11-16(1)19(5-9-22-10-6-19)13-21-12-15-3-7-20-8-4-15;/h1-4,7-8,11,21H,5-6,9-10,12-14H2;1H. The molecule has 4 rings (SSSR count). The number of pyridine rings is 1. The first-order valence-electron chi connectivity index (χ1n) is 8.43. The van der Waals surface area contributed by atoms with E-state index in [1.807, 2.05) is 30.6 Å². The Balaban J connectivity index is 0.00000182. The number of fused-ring (bicyclic) bond motifs is 1. The van der Waals surface area contributed by atoms with E-state index in [2.05, 4.69) is 22.4 Å². The average molecular weight is 363 g/mol. The molecule has 0 spiro atoms. The van der Waals surface area contributed by atoms with Crippen LogP contribution in [0, 0.1) is 0 Å². The maximum atomic E-state index is 5.61. The Bertz CT molecular complexity index is 690. The lowest BCUT2D eigenvalue weighted by Crippen LogP contribution is -2.42. The SMILES string of the molecule is Cl.c1cc(CNCC2(c3ccc4c(c3)OCO4)CCOCC2)ccn1. The maximum Gasteiger partial charge on any atom is 0.231 e. The van der Waals surface area contributed by atoms with Crippen molar-refractivity contribution in [3.63, 3.8) is 0 Å². The van der Waals surface area contributed by atoms with Gasteiger partial charge in [0.2, 0.25) is 6.79 Å². The van der Waals surface area contributed by atoms with Gasteiger partial charge < -0.3 is 19.5 Å². The van der Waals surface area contributed by atoms with Gasteiger partial charge in [0.25, 0.3) is 0 Å². The molecule has 0 atom stereocenters. The van der Waals surface area contributed by atoms with Gasteiger partial charge in [0.15, 0.2) is 11.5 Å². The highest BCUT2D eigenvalue weighted by atomic mass is 35.5. The smallest absolute Gasteiger partial charge is 0.231 e. The van der Waals surface area contributed by atoms with Crippen molar-refractivity contribution in [2.24, 2.45) is 0 Å². The van der Waals surface area contributed by atoms with Gasteiger partial charge in [0.05, 0.1) is 0 Å². The van der Waals surface area contributed by atoms with Crippen molar-refractivity contribution in [2.45, 2.75) is 24.8 Å². The van der Waals surface area contributed by atoms with E-state index in [1.165, 1.54) is 11.1 Å². The van der Waals surface area contributed by atoms with Crippen LogP contribution in [0.15, 0.2) is 42.7 Å². The summed E-state index contributed by atoms with van der Waals surface area (Å²) >= 11 is 0. The second-order valence-corrected chi connectivity index (χ2v) is 6.42. The van der Waals surface area contributed by atoms with Gasteiger partial charge in [0.1, 0.15) is 0 Å². The normalized spacial score (nSPS) is 17.8. The van der Waals surface area contributed by atoms with Gasteiger partial charge in [-0.05, 0) is 48.2 Å². The van der Waals surface area contributed by atoms with Gasteiger partial charge in [-0.2, -0.15) is 0 Å². The maximum absolute atomic E-state index is 5.61. The summed E-state index contributed by atoms with van der Waals surface area (Å²) in [4.78, 5) is 4.07. The number of hydrogen-bond donors (Lipinski definition) is 1. The number of ether oxygens (including phenoxy) is 3. The van der Waals surface area contributed by atoms with Crippen LogP contribution in [0.5, 0.6) is 11.5 Å². The molecule has 0 aliphatic carbocycles. The van der Waals surface area contributed by atoms with Crippen LogP contribution in [0.25, 0.3) is 0 Å². The van der Waals surface area contributed by atoms with Crippen LogP contribution in [-0.2, 0) is 16.7 Å². The molecule has 5 nitrogen and oxygen atoms in total. The third-order valence-corrected chi connectivity index (χ3v) is 4.98. The highest BCUT2D eigenvalue weighted by molar-refractivity contribution is 5.85. The van der Waals surface area contributed by atoms with Gasteiger partial charge in [-0.15, -0.1) is 12.4 Å². The number of hydrogen-bond acceptors (Lipinski definition) is 5. The van der Waals surface area contributed by atoms with E-state index in [9.17, 15) is 0 Å². The fourth-order valence-corrected chi connectivity index (χ4v) is 3.50. The zero-order valence-electron chi connectivity index (χ0n) is 14.1. The molecule has 1 saturated heterocycles. The molecule has 0 unspecified atom stereocenters. The molecule has 0 saturated carbocycles. The van der Waals surface area contributed by atoms with E-state index in [0.717, 1.165) is 50.6 Å². The molecule has 0 radical (unpaired) electrons. The molecular formula is C19H23ClN2O3. The van der Waals surface area contributed by atoms with Crippen molar-refractivity contribution in [3.8, 4) is 11.5 Å². The second-order valence-electron chi connectivity index (χ2n) is 6.42. The molecule has 6 heteroatoms. The van der Waals surface area contributed by atoms with E-state index in [-0.39, 0.29) is 17.8 Å². The zero-order chi connectivity index (χ0) is 16.2. The number of benzene rings is 1. The lowest BCUT2D eigenvalue weighted by Gasteiger charge is -2.38. The number of nitrogens with zero attached hydrogens (tertiary/aromatic N) is 1. The van der Waals surface area contributed by atoms with Crippen LogP contribution in [0.2, 0.25) is 0 Å². The lowest BCUT2D eigenvalue weighted by molar-refractivity contribution is 0.0497. The van der Waals surface area contributed by atoms with Crippen LogP contribution >= 0.6 is 12.4 Å². The van der Waals surface area contributed by atoms with Gasteiger partial charge in [0, 0.05) is 44.1 Å². The van der Waals surface area contributed by atoms with Gasteiger partial charge in [-0.3, -0.25) is 4.98 Å². The molecule has 25 heavy (non-hydrogen) atoms. The third kappa shape index (κ3) is 3.89. The monoisotopic (exact) mass is 362 g/mol. The molecule has 1 N–H and O–H groups in total. The fraction of sp³-hybridized carbons (Fsp3) is 0.421. The minimum absolute atomic E-state index is 0. The quantitative estimate of drug-likeness (QED) is 0.885. The lowest BCUT2D eigenvalue weighted by atomic mass is 9.74. The van der Waals surface area contributed by atoms with Gasteiger partial charge in [-0.25, -0.2) is 0 Å². The van der Waals surface area contributed by atoms with Gasteiger partial charge in [-0.1, -0.05) is 6.07 Å². The number of nitrogens with one attached hydrogen (secondary N) is 1. The first kappa shape index (κ1) is 18.0. The molecule has 0 amide bonds. The Hall–Kier alpha value is -1.82. The topological polar surface area (TPSA) is 52.6 Å². The first-order chi connectivity index (χ1) is 11.9. The van der Waals surface area contributed by atoms with Crippen molar-refractivity contribution < 1.29 is 14.2 Å². The van der Waals surface area contributed by atoms with Crippen molar-refractivity contribution >= 4 is 12.4 Å². The molecule has 1 fully saturated rings. The minimum Gasteiger partial charge on any atom is -0.454 e. The highest BCUT2D eigenvalue weighted by Gasteiger charge is 2.35. The van der Waals surface area contributed by atoms with Crippen LogP contribution in [0.4, 0.5) is 0 Å². The molecule has 134 valence electrons. The van der Waals surface area contributed by atoms with Crippen molar-refractivity contribution in [3.05, 3.63) is 53.9 Å². The van der Waals surface area contributed by atoms with Crippen molar-refractivity contribution in [1.82, 2.24) is 10.3 Å². The van der Waals surface area contributed by atoms with Crippen LogP contribution < -0.4 is 14.8 Å². The summed E-state index contributed by atoms with van der Waals surface area (Å²) in [6, 6.07) is 10.4. The number of rotatable bonds is 5. The Labute approximate surface area is 154 Å². The number of aromatic nitrogens is 1. The molecular weight excluding hydrogens is 340 g/mol. The average Bonchev–Trinajstić information content (AvgIpc) is 3.11. The Morgan fingerprint density at radius 3 is 2.56 bits per heavy atom. The van der Waals surface area contributed by atoms with Crippen LogP contribution in [0.1, 0.15) is 24.0 Å². The summed E-state index contributed by atoms with van der Waals surface area (Å²) in [6.07, 6.45) is 5.68. The minimum atomic E-state index is 0. The molecule has 1 aromatic carbocycles. The predicted molar refractivity (Wildman–Crippen MR) is 97.5 cm³/mol. The summed E-state index contributed by atoms with van der Waals surface area (Å²) in [5, 5.41) is 3.62. The van der Waals surface area contributed by atoms with E-state index >= 15 is 0 Å². The third-order valence-electron chi connectivity index (χ3n) is 4.98. The number of halogens is 1. The molecule has 3 heterocycles. The summed E-state index contributed by atoms with van der Waals surface area (Å²) in [5.41, 5.74) is 2.63. The molecule has 0 bridgehead atoms. The van der Waals surface area contributed by atoms with E-state index in [1.54, 1.807) is 0 Å². The van der Waals surface area contributed by atoms with Gasteiger partial charge >= 0.3 is 0 Å². The van der Waals surface area contributed by atoms with Crippen LogP contribution in [-0.4, -0.2) is 31.5 Å². The summed E-state index contributed by atoms with van der Waals surface area (Å²) in [7, 11) is 0. The predicted octanol–water partition coefficient (Wildman–Crippen LogP) is 3.07. The van der Waals surface area contributed by atoms with E-state index < -0.39 is 0 Å². The largest absolute Gasteiger partial charge is 0.454 e. The molecule has 2 aromatic rings. The zero-order valence-corrected chi connectivity index (χ0v) is 14.9. The fourth-order valence-electron chi connectivity index (χ4n) is 3.50. The Morgan fingerprint density at radius 1 is 1.00 bits per heavy atom. The summed E-state index contributed by atoms with van der Waals surface area (Å²) in [6.45, 7) is 3.67. The van der Waals surface area contributed by atoms with E-state index in [4.69, 9.17) is 14.2 Å². The molecule has 2 aliphatic rings. The van der Waals surface area contributed by atoms with Crippen molar-refractivity contribution in [1.29, 1.82) is 0 Å². The molecule has 1 aromatic heterocycles. The summed E-state index contributed by atoms with van der Waals surface area (Å²) in [5.74, 6) is 1.69. The molecule has 2 aliphatic heterocycles. The van der Waals surface area contributed by atoms with Crippen LogP contribution in [0.3, 0.4) is 0 Å². The highest BCUT2D eigenvalue weighted by Crippen LogP contribution is 2.40. The second kappa shape index (κ2) is 8.04. The Kier molecular flexibility index (Phi) is 5.78. The first-order valence-corrected chi connectivity index (χ1v) is 8.43. The summed E-state index contributed by atoms with van der Waals surface area (Å²) < 4.78 is 16.6. The van der Waals surface area contributed by atoms with Crippen molar-refractivity contribution in [2.75, 3.05) is 26.6 Å². The Morgan fingerprint density at radius 2 is 1.76 bits per heavy atom.